The van der Waals surface area contributed by atoms with Crippen LogP contribution in [0.15, 0.2) is 30.3 Å². The van der Waals surface area contributed by atoms with Gasteiger partial charge in [-0.2, -0.15) is 0 Å². The van der Waals surface area contributed by atoms with Crippen LogP contribution < -0.4 is 5.32 Å². The second-order valence-electron chi connectivity index (χ2n) is 5.65. The zero-order valence-corrected chi connectivity index (χ0v) is 10.4. The van der Waals surface area contributed by atoms with E-state index in [-0.39, 0.29) is 11.0 Å². The second kappa shape index (κ2) is 4.19. The summed E-state index contributed by atoms with van der Waals surface area (Å²) in [5.41, 5.74) is 1.27. The van der Waals surface area contributed by atoms with Crippen molar-refractivity contribution in [3.8, 4) is 0 Å². The first kappa shape index (κ1) is 11.6. The van der Waals surface area contributed by atoms with Crippen molar-refractivity contribution in [1.29, 1.82) is 0 Å². The molecule has 1 saturated heterocycles. The van der Waals surface area contributed by atoms with Crippen molar-refractivity contribution in [3.05, 3.63) is 35.9 Å². The number of ether oxygens (including phenoxy) is 1. The third-order valence-electron chi connectivity index (χ3n) is 3.23. The summed E-state index contributed by atoms with van der Waals surface area (Å²) in [6.07, 6.45) is 0. The molecule has 1 aromatic rings. The van der Waals surface area contributed by atoms with E-state index >= 15 is 0 Å². The summed E-state index contributed by atoms with van der Waals surface area (Å²) in [6.45, 7) is 9.31. The average molecular weight is 219 g/mol. The molecule has 0 aliphatic carbocycles. The average Bonchev–Trinajstić information content (AvgIpc) is 2.41. The normalized spacial score (nSPS) is 29.7. The smallest absolute Gasteiger partial charge is 0.103 e. The molecular weight excluding hydrogens is 198 g/mol. The van der Waals surface area contributed by atoms with Gasteiger partial charge in [0.1, 0.15) is 5.60 Å². The number of hydrogen-bond acceptors (Lipinski definition) is 2. The number of nitrogens with one attached hydrogen (secondary N) is 1. The van der Waals surface area contributed by atoms with Gasteiger partial charge in [0.15, 0.2) is 0 Å². The quantitative estimate of drug-likeness (QED) is 0.783. The third-order valence-corrected chi connectivity index (χ3v) is 3.23. The Balaban J connectivity index is 2.20. The molecule has 0 aromatic heterocycles. The van der Waals surface area contributed by atoms with Crippen molar-refractivity contribution >= 4 is 0 Å². The fourth-order valence-corrected chi connectivity index (χ4v) is 2.07. The summed E-state index contributed by atoms with van der Waals surface area (Å²) in [4.78, 5) is 0. The van der Waals surface area contributed by atoms with Crippen LogP contribution in [0.25, 0.3) is 0 Å². The fraction of sp³-hybridized carbons (Fsp3) is 0.571. The van der Waals surface area contributed by atoms with E-state index in [1.54, 1.807) is 0 Å². The Morgan fingerprint density at radius 3 is 2.44 bits per heavy atom. The van der Waals surface area contributed by atoms with Gasteiger partial charge in [-0.05, 0) is 12.5 Å². The van der Waals surface area contributed by atoms with Gasteiger partial charge in [-0.25, -0.2) is 0 Å². The molecule has 1 heterocycles. The molecule has 1 atom stereocenters. The van der Waals surface area contributed by atoms with Crippen molar-refractivity contribution in [1.82, 2.24) is 5.32 Å². The van der Waals surface area contributed by atoms with E-state index in [0.29, 0.717) is 0 Å². The van der Waals surface area contributed by atoms with E-state index in [2.05, 4.69) is 50.4 Å². The highest BCUT2D eigenvalue weighted by Gasteiger charge is 2.33. The summed E-state index contributed by atoms with van der Waals surface area (Å²) in [7, 11) is 0. The van der Waals surface area contributed by atoms with Gasteiger partial charge in [0.05, 0.1) is 6.61 Å². The lowest BCUT2D eigenvalue weighted by Gasteiger charge is -2.30. The molecule has 0 bridgehead atoms. The Morgan fingerprint density at radius 1 is 1.06 bits per heavy atom. The van der Waals surface area contributed by atoms with Crippen molar-refractivity contribution in [2.24, 2.45) is 5.41 Å². The Labute approximate surface area is 98.0 Å². The molecule has 16 heavy (non-hydrogen) atoms. The summed E-state index contributed by atoms with van der Waals surface area (Å²) in [6, 6.07) is 10.5. The van der Waals surface area contributed by atoms with Crippen LogP contribution in [0.4, 0.5) is 0 Å². The largest absolute Gasteiger partial charge is 0.369 e. The molecule has 88 valence electrons. The first-order valence-electron chi connectivity index (χ1n) is 5.92. The van der Waals surface area contributed by atoms with Gasteiger partial charge in [-0.15, -0.1) is 0 Å². The summed E-state index contributed by atoms with van der Waals surface area (Å²) in [5, 5.41) is 3.50. The molecule has 2 heteroatoms. The van der Waals surface area contributed by atoms with E-state index in [1.807, 2.05) is 6.07 Å². The first-order valence-corrected chi connectivity index (χ1v) is 5.92. The maximum atomic E-state index is 6.13. The molecule has 1 N–H and O–H groups in total. The molecule has 1 fully saturated rings. The molecule has 1 aromatic carbocycles. The predicted octanol–water partition coefficient (Wildman–Crippen LogP) is 2.55. The van der Waals surface area contributed by atoms with Crippen LogP contribution in [0.5, 0.6) is 0 Å². The molecule has 0 spiro atoms. The topological polar surface area (TPSA) is 21.3 Å². The molecule has 2 rings (SSSR count). The minimum atomic E-state index is -0.199. The maximum Gasteiger partial charge on any atom is 0.103 e. The summed E-state index contributed by atoms with van der Waals surface area (Å²) in [5.74, 6) is 0. The Kier molecular flexibility index (Phi) is 3.04. The molecule has 0 radical (unpaired) electrons. The summed E-state index contributed by atoms with van der Waals surface area (Å²) < 4.78 is 6.13. The molecule has 0 amide bonds. The van der Waals surface area contributed by atoms with E-state index in [9.17, 15) is 0 Å². The monoisotopic (exact) mass is 219 g/mol. The molecule has 1 unspecified atom stereocenters. The van der Waals surface area contributed by atoms with Gasteiger partial charge in [0, 0.05) is 18.5 Å². The van der Waals surface area contributed by atoms with Crippen LogP contribution in [-0.2, 0) is 10.3 Å². The highest BCUT2D eigenvalue weighted by Crippen LogP contribution is 2.30. The SMILES string of the molecule is CC1(C)CNCC(C)(c2ccccc2)OC1. The van der Waals surface area contributed by atoms with Crippen LogP contribution in [0.3, 0.4) is 0 Å². The molecular formula is C14H21NO. The predicted molar refractivity (Wildman–Crippen MR) is 66.4 cm³/mol. The fourth-order valence-electron chi connectivity index (χ4n) is 2.07. The molecule has 1 aliphatic rings. The number of benzene rings is 1. The van der Waals surface area contributed by atoms with Crippen molar-refractivity contribution in [3.63, 3.8) is 0 Å². The first-order chi connectivity index (χ1) is 7.52. The van der Waals surface area contributed by atoms with E-state index in [4.69, 9.17) is 4.74 Å². The van der Waals surface area contributed by atoms with Gasteiger partial charge in [0.25, 0.3) is 0 Å². The Bertz CT molecular complexity index is 347. The molecule has 0 saturated carbocycles. The van der Waals surface area contributed by atoms with E-state index in [0.717, 1.165) is 19.7 Å². The maximum absolute atomic E-state index is 6.13. The van der Waals surface area contributed by atoms with Gasteiger partial charge in [0.2, 0.25) is 0 Å². The van der Waals surface area contributed by atoms with Crippen molar-refractivity contribution < 1.29 is 4.74 Å². The zero-order valence-electron chi connectivity index (χ0n) is 10.4. The van der Waals surface area contributed by atoms with Crippen LogP contribution in [0, 0.1) is 5.41 Å². The van der Waals surface area contributed by atoms with Gasteiger partial charge < -0.3 is 10.1 Å². The van der Waals surface area contributed by atoms with Crippen LogP contribution in [0.2, 0.25) is 0 Å². The number of rotatable bonds is 1. The lowest BCUT2D eigenvalue weighted by Crippen LogP contribution is -2.35. The van der Waals surface area contributed by atoms with E-state index < -0.39 is 0 Å². The van der Waals surface area contributed by atoms with Crippen LogP contribution in [0.1, 0.15) is 26.3 Å². The summed E-state index contributed by atoms with van der Waals surface area (Å²) >= 11 is 0. The lowest BCUT2D eigenvalue weighted by atomic mass is 9.95. The minimum absolute atomic E-state index is 0.199. The second-order valence-corrected chi connectivity index (χ2v) is 5.65. The van der Waals surface area contributed by atoms with Crippen molar-refractivity contribution in [2.75, 3.05) is 19.7 Å². The Morgan fingerprint density at radius 2 is 1.75 bits per heavy atom. The van der Waals surface area contributed by atoms with Crippen LogP contribution >= 0.6 is 0 Å². The van der Waals surface area contributed by atoms with Gasteiger partial charge >= 0.3 is 0 Å². The standard InChI is InChI=1S/C14H21NO/c1-13(2)9-15-10-14(3,16-11-13)12-7-5-4-6-8-12/h4-8,15H,9-11H2,1-3H3. The minimum Gasteiger partial charge on any atom is -0.369 e. The highest BCUT2D eigenvalue weighted by atomic mass is 16.5. The van der Waals surface area contributed by atoms with Gasteiger partial charge in [-0.1, -0.05) is 44.2 Å². The van der Waals surface area contributed by atoms with Crippen molar-refractivity contribution in [2.45, 2.75) is 26.4 Å². The van der Waals surface area contributed by atoms with Gasteiger partial charge in [-0.3, -0.25) is 0 Å². The lowest BCUT2D eigenvalue weighted by molar-refractivity contribution is -0.0490. The third kappa shape index (κ3) is 2.45. The molecule has 2 nitrogen and oxygen atoms in total. The highest BCUT2D eigenvalue weighted by molar-refractivity contribution is 5.22. The van der Waals surface area contributed by atoms with Crippen LogP contribution in [-0.4, -0.2) is 19.7 Å². The Hall–Kier alpha value is -0.860. The molecule has 1 aliphatic heterocycles. The van der Waals surface area contributed by atoms with E-state index in [1.165, 1.54) is 5.56 Å². The zero-order chi connectivity index (χ0) is 11.6. The number of hydrogen-bond donors (Lipinski definition) is 1.